The van der Waals surface area contributed by atoms with Crippen LogP contribution < -0.4 is 5.32 Å². The number of ether oxygens (including phenoxy) is 1. The van der Waals surface area contributed by atoms with Crippen LogP contribution in [0.3, 0.4) is 0 Å². The van der Waals surface area contributed by atoms with E-state index in [9.17, 15) is 9.18 Å². The van der Waals surface area contributed by atoms with Gasteiger partial charge >= 0.3 is 13.2 Å². The summed E-state index contributed by atoms with van der Waals surface area (Å²) in [6.07, 6.45) is 1.10. The van der Waals surface area contributed by atoms with Gasteiger partial charge in [-0.15, -0.1) is 0 Å². The normalized spacial score (nSPS) is 17.7. The van der Waals surface area contributed by atoms with E-state index in [0.29, 0.717) is 15.5 Å². The summed E-state index contributed by atoms with van der Waals surface area (Å²) in [6.45, 7) is 8.07. The molecule has 0 unspecified atom stereocenters. The van der Waals surface area contributed by atoms with Gasteiger partial charge in [-0.05, 0) is 67.6 Å². The minimum Gasteiger partial charge on any atom is -0.449 e. The van der Waals surface area contributed by atoms with E-state index >= 15 is 0 Å². The van der Waals surface area contributed by atoms with Crippen molar-refractivity contribution >= 4 is 35.2 Å². The van der Waals surface area contributed by atoms with Gasteiger partial charge in [0.1, 0.15) is 12.4 Å². The van der Waals surface area contributed by atoms with Gasteiger partial charge in [0.15, 0.2) is 0 Å². The Morgan fingerprint density at radius 2 is 1.58 bits per heavy atom. The zero-order chi connectivity index (χ0) is 27.1. The van der Waals surface area contributed by atoms with Crippen molar-refractivity contribution in [2.24, 2.45) is 0 Å². The molecule has 196 valence electrons. The number of alkyl carbamates (subject to hydrolysis) is 1. The first-order chi connectivity index (χ1) is 18.1. The van der Waals surface area contributed by atoms with Gasteiger partial charge in [0, 0.05) is 22.5 Å². The van der Waals surface area contributed by atoms with Crippen molar-refractivity contribution in [3.8, 4) is 11.1 Å². The van der Waals surface area contributed by atoms with Gasteiger partial charge in [0.05, 0.1) is 11.2 Å². The summed E-state index contributed by atoms with van der Waals surface area (Å²) in [5.74, 6) is -0.433. The minimum absolute atomic E-state index is 0.0388. The molecular weight excluding hydrogens is 548 g/mol. The molecule has 0 aromatic heterocycles. The van der Waals surface area contributed by atoms with Crippen LogP contribution in [0.1, 0.15) is 50.3 Å². The van der Waals surface area contributed by atoms with Crippen LogP contribution in [-0.2, 0) is 14.0 Å². The second-order valence-corrected chi connectivity index (χ2v) is 11.6. The molecule has 5 rings (SSSR count). The number of benzene rings is 3. The molecule has 5 nitrogen and oxygen atoms in total. The Hall–Kier alpha value is -2.94. The molecule has 3 aromatic rings. The van der Waals surface area contributed by atoms with Crippen LogP contribution in [0, 0.1) is 5.82 Å². The number of rotatable bonds is 6. The Balaban J connectivity index is 1.31. The summed E-state index contributed by atoms with van der Waals surface area (Å²) in [7, 11) is -0.753. The molecule has 1 fully saturated rings. The Kier molecular flexibility index (Phi) is 7.24. The maximum atomic E-state index is 14.7. The van der Waals surface area contributed by atoms with Crippen LogP contribution in [0.15, 0.2) is 76.7 Å². The molecule has 0 radical (unpaired) electrons. The summed E-state index contributed by atoms with van der Waals surface area (Å²) in [5, 5.41) is 2.82. The number of carbonyl (C=O) groups excluding carboxylic acids is 1. The first-order valence-corrected chi connectivity index (χ1v) is 13.4. The Morgan fingerprint density at radius 1 is 1.00 bits per heavy atom. The predicted octanol–water partition coefficient (Wildman–Crippen LogP) is 7.14. The molecule has 38 heavy (non-hydrogen) atoms. The summed E-state index contributed by atoms with van der Waals surface area (Å²) < 4.78 is 33.4. The molecule has 1 heterocycles. The summed E-state index contributed by atoms with van der Waals surface area (Å²) in [5.41, 5.74) is 4.40. The standard InChI is InChI=1S/C30H30BBrFNO4/c1-29(2)30(3,4)38-31(37-29)20(15-19-13-14-21(32)16-27(19)33)17-34-28(35)36-18-26-24-11-7-5-9-22(24)23-10-6-8-12-25(23)26/h5-16,26H,17-18H2,1-4H3,(H,34,35). The van der Waals surface area contributed by atoms with Crippen molar-refractivity contribution in [3.05, 3.63) is 99.2 Å². The Labute approximate surface area is 231 Å². The molecule has 1 aliphatic carbocycles. The third-order valence-electron chi connectivity index (χ3n) is 7.64. The number of halogens is 2. The molecule has 0 atom stereocenters. The number of carbonyl (C=O) groups is 1. The summed E-state index contributed by atoms with van der Waals surface area (Å²) in [4.78, 5) is 12.8. The Morgan fingerprint density at radius 3 is 2.16 bits per heavy atom. The zero-order valence-electron chi connectivity index (χ0n) is 21.9. The van der Waals surface area contributed by atoms with Gasteiger partial charge in [-0.25, -0.2) is 9.18 Å². The maximum Gasteiger partial charge on any atom is 0.492 e. The quantitative estimate of drug-likeness (QED) is 0.316. The molecule has 1 aliphatic heterocycles. The van der Waals surface area contributed by atoms with Crippen molar-refractivity contribution in [3.63, 3.8) is 0 Å². The largest absolute Gasteiger partial charge is 0.492 e. The lowest BCUT2D eigenvalue weighted by molar-refractivity contribution is 0.00578. The highest BCUT2D eigenvalue weighted by Crippen LogP contribution is 2.44. The lowest BCUT2D eigenvalue weighted by Gasteiger charge is -2.32. The monoisotopic (exact) mass is 577 g/mol. The first-order valence-electron chi connectivity index (χ1n) is 12.7. The SMILES string of the molecule is CC1(C)OB(C(=Cc2ccc(Br)cc2F)CNC(=O)OCC2c3ccccc3-c3ccccc32)OC1(C)C. The molecule has 8 heteroatoms. The molecule has 1 N–H and O–H groups in total. The average molecular weight is 578 g/mol. The number of nitrogens with one attached hydrogen (secondary N) is 1. The van der Waals surface area contributed by atoms with E-state index in [0.717, 1.165) is 11.1 Å². The van der Waals surface area contributed by atoms with Gasteiger partial charge in [0.2, 0.25) is 0 Å². The molecule has 1 saturated heterocycles. The topological polar surface area (TPSA) is 56.8 Å². The van der Waals surface area contributed by atoms with Crippen LogP contribution in [0.5, 0.6) is 0 Å². The van der Waals surface area contributed by atoms with Gasteiger partial charge < -0.3 is 19.4 Å². The maximum absolute atomic E-state index is 14.7. The summed E-state index contributed by atoms with van der Waals surface area (Å²) in [6, 6.07) is 21.2. The smallest absolute Gasteiger partial charge is 0.449 e. The minimum atomic E-state index is -0.753. The van der Waals surface area contributed by atoms with Crippen LogP contribution in [0.4, 0.5) is 9.18 Å². The van der Waals surface area contributed by atoms with Crippen LogP contribution in [0.25, 0.3) is 17.2 Å². The summed E-state index contributed by atoms with van der Waals surface area (Å²) >= 11 is 3.29. The number of fused-ring (bicyclic) bond motifs is 3. The molecular formula is C30H30BBrFNO4. The van der Waals surface area contributed by atoms with Crippen molar-refractivity contribution in [2.45, 2.75) is 44.8 Å². The zero-order valence-corrected chi connectivity index (χ0v) is 23.5. The van der Waals surface area contributed by atoms with E-state index in [2.05, 4.69) is 45.5 Å². The third-order valence-corrected chi connectivity index (χ3v) is 8.13. The number of amides is 1. The second-order valence-electron chi connectivity index (χ2n) is 10.7. The predicted molar refractivity (Wildman–Crippen MR) is 151 cm³/mol. The Bertz CT molecular complexity index is 1350. The lowest BCUT2D eigenvalue weighted by atomic mass is 9.77. The fourth-order valence-electron chi connectivity index (χ4n) is 4.84. The third kappa shape index (κ3) is 5.17. The average Bonchev–Trinajstić information content (AvgIpc) is 3.30. The second kappa shape index (κ2) is 10.3. The van der Waals surface area contributed by atoms with Gasteiger partial charge in [0.25, 0.3) is 0 Å². The first kappa shape index (κ1) is 26.7. The molecule has 2 aliphatic rings. The van der Waals surface area contributed by atoms with Gasteiger partial charge in [-0.2, -0.15) is 0 Å². The molecule has 0 saturated carbocycles. The van der Waals surface area contributed by atoms with Crippen molar-refractivity contribution in [2.75, 3.05) is 13.2 Å². The van der Waals surface area contributed by atoms with Crippen LogP contribution >= 0.6 is 15.9 Å². The van der Waals surface area contributed by atoms with Crippen LogP contribution in [0.2, 0.25) is 0 Å². The van der Waals surface area contributed by atoms with Crippen molar-refractivity contribution < 1.29 is 23.2 Å². The van der Waals surface area contributed by atoms with Crippen molar-refractivity contribution in [1.29, 1.82) is 0 Å². The highest BCUT2D eigenvalue weighted by Gasteiger charge is 2.52. The van der Waals surface area contributed by atoms with Gasteiger partial charge in [-0.3, -0.25) is 0 Å². The fraction of sp³-hybridized carbons (Fsp3) is 0.300. The number of hydrogen-bond acceptors (Lipinski definition) is 4. The highest BCUT2D eigenvalue weighted by atomic mass is 79.9. The van der Waals surface area contributed by atoms with E-state index < -0.39 is 30.2 Å². The van der Waals surface area contributed by atoms with Crippen molar-refractivity contribution in [1.82, 2.24) is 5.32 Å². The highest BCUT2D eigenvalue weighted by molar-refractivity contribution is 9.10. The van der Waals surface area contributed by atoms with E-state index in [1.807, 2.05) is 52.0 Å². The van der Waals surface area contributed by atoms with Gasteiger partial charge in [-0.1, -0.05) is 76.6 Å². The van der Waals surface area contributed by atoms with E-state index in [-0.39, 0.29) is 19.1 Å². The van der Waals surface area contributed by atoms with E-state index in [1.54, 1.807) is 18.2 Å². The lowest BCUT2D eigenvalue weighted by Crippen LogP contribution is -2.41. The van der Waals surface area contributed by atoms with E-state index in [1.165, 1.54) is 17.2 Å². The number of hydrogen-bond donors (Lipinski definition) is 1. The molecule has 0 spiro atoms. The molecule has 0 bridgehead atoms. The van der Waals surface area contributed by atoms with E-state index in [4.69, 9.17) is 14.0 Å². The fourth-order valence-corrected chi connectivity index (χ4v) is 5.17. The molecule has 1 amide bonds. The van der Waals surface area contributed by atoms with Crippen LogP contribution in [-0.4, -0.2) is 37.6 Å². The molecule has 3 aromatic carbocycles.